The zero-order valence-corrected chi connectivity index (χ0v) is 21.7. The number of ether oxygens (including phenoxy) is 3. The van der Waals surface area contributed by atoms with E-state index in [-0.39, 0.29) is 11.3 Å². The molecule has 36 heavy (non-hydrogen) atoms. The molecule has 0 aliphatic carbocycles. The number of pyridine rings is 1. The number of hydrogen-bond acceptors (Lipinski definition) is 7. The topological polar surface area (TPSA) is 100 Å². The third kappa shape index (κ3) is 4.49. The second kappa shape index (κ2) is 9.64. The minimum Gasteiger partial charge on any atom is -0.496 e. The van der Waals surface area contributed by atoms with E-state index in [0.29, 0.717) is 59.5 Å². The van der Waals surface area contributed by atoms with Crippen molar-refractivity contribution in [1.29, 1.82) is 0 Å². The SMILES string of the molecule is COc1cc(OC)c(-c2cn3ccc(OC4CCN(S(=O)(=O)c5nccn5C)CC4)cc3n2)cc1Cl. The maximum Gasteiger partial charge on any atom is 0.277 e. The molecule has 1 aromatic carbocycles. The van der Waals surface area contributed by atoms with Gasteiger partial charge in [-0.15, -0.1) is 0 Å². The van der Waals surface area contributed by atoms with Gasteiger partial charge in [0.05, 0.1) is 24.9 Å². The van der Waals surface area contributed by atoms with Crippen molar-refractivity contribution in [3.63, 3.8) is 0 Å². The number of halogens is 1. The molecule has 0 spiro atoms. The van der Waals surface area contributed by atoms with Gasteiger partial charge >= 0.3 is 0 Å². The first-order chi connectivity index (χ1) is 17.3. The minimum atomic E-state index is -3.62. The minimum absolute atomic E-state index is 0.0530. The highest BCUT2D eigenvalue weighted by Gasteiger charge is 2.32. The molecule has 1 fully saturated rings. The molecular formula is C24H26ClN5O5S. The lowest BCUT2D eigenvalue weighted by atomic mass is 10.1. The lowest BCUT2D eigenvalue weighted by molar-refractivity contribution is 0.135. The average molecular weight is 532 g/mol. The number of imidazole rings is 2. The number of nitrogens with zero attached hydrogens (tertiary/aromatic N) is 5. The summed E-state index contributed by atoms with van der Waals surface area (Å²) in [5.74, 6) is 1.80. The first-order valence-corrected chi connectivity index (χ1v) is 13.2. The fourth-order valence-electron chi connectivity index (χ4n) is 4.33. The van der Waals surface area contributed by atoms with E-state index in [0.717, 1.165) is 5.56 Å². The molecule has 0 atom stereocenters. The van der Waals surface area contributed by atoms with Crippen molar-refractivity contribution < 1.29 is 22.6 Å². The molecule has 0 unspecified atom stereocenters. The van der Waals surface area contributed by atoms with Crippen LogP contribution in [0.4, 0.5) is 0 Å². The Morgan fingerprint density at radius 3 is 2.47 bits per heavy atom. The van der Waals surface area contributed by atoms with E-state index in [9.17, 15) is 8.42 Å². The molecule has 0 N–H and O–H groups in total. The summed E-state index contributed by atoms with van der Waals surface area (Å²) in [5, 5.41) is 0.517. The number of aryl methyl sites for hydroxylation is 1. The smallest absolute Gasteiger partial charge is 0.277 e. The molecule has 1 saturated heterocycles. The number of aromatic nitrogens is 4. The van der Waals surface area contributed by atoms with Gasteiger partial charge in [0, 0.05) is 62.6 Å². The van der Waals surface area contributed by atoms with Crippen LogP contribution in [-0.4, -0.2) is 65.1 Å². The summed E-state index contributed by atoms with van der Waals surface area (Å²) in [6, 6.07) is 7.23. The Morgan fingerprint density at radius 1 is 1.06 bits per heavy atom. The highest BCUT2D eigenvalue weighted by Crippen LogP contribution is 2.38. The Kier molecular flexibility index (Phi) is 6.54. The monoisotopic (exact) mass is 531 g/mol. The van der Waals surface area contributed by atoms with Crippen LogP contribution in [0.5, 0.6) is 17.2 Å². The van der Waals surface area contributed by atoms with Crippen LogP contribution < -0.4 is 14.2 Å². The molecule has 0 radical (unpaired) electrons. The summed E-state index contributed by atoms with van der Waals surface area (Å²) in [5.41, 5.74) is 2.14. The average Bonchev–Trinajstić information content (AvgIpc) is 3.50. The number of rotatable bonds is 7. The van der Waals surface area contributed by atoms with Gasteiger partial charge in [-0.1, -0.05) is 11.6 Å². The number of sulfonamides is 1. The Bertz CT molecular complexity index is 1510. The Labute approximate surface area is 214 Å². The molecule has 1 aliphatic heterocycles. The molecule has 0 amide bonds. The molecule has 12 heteroatoms. The molecular weight excluding hydrogens is 506 g/mol. The van der Waals surface area contributed by atoms with Crippen LogP contribution in [0.2, 0.25) is 5.02 Å². The van der Waals surface area contributed by atoms with Gasteiger partial charge < -0.3 is 23.2 Å². The maximum atomic E-state index is 12.9. The van der Waals surface area contributed by atoms with Crippen molar-refractivity contribution in [2.24, 2.45) is 7.05 Å². The van der Waals surface area contributed by atoms with Gasteiger partial charge in [0.1, 0.15) is 29.0 Å². The molecule has 0 bridgehead atoms. The van der Waals surface area contributed by atoms with Crippen molar-refractivity contribution in [1.82, 2.24) is 23.2 Å². The highest BCUT2D eigenvalue weighted by molar-refractivity contribution is 7.89. The van der Waals surface area contributed by atoms with Crippen LogP contribution in [0.15, 0.2) is 54.2 Å². The summed E-state index contributed by atoms with van der Waals surface area (Å²) in [4.78, 5) is 8.73. The predicted molar refractivity (Wildman–Crippen MR) is 134 cm³/mol. The molecule has 3 aromatic heterocycles. The van der Waals surface area contributed by atoms with Gasteiger partial charge in [0.2, 0.25) is 5.16 Å². The van der Waals surface area contributed by atoms with Gasteiger partial charge in [-0.2, -0.15) is 4.31 Å². The summed E-state index contributed by atoms with van der Waals surface area (Å²) < 4.78 is 47.6. The maximum absolute atomic E-state index is 12.9. The number of benzene rings is 1. The number of piperidine rings is 1. The summed E-state index contributed by atoms with van der Waals surface area (Å²) in [6.45, 7) is 0.737. The third-order valence-electron chi connectivity index (χ3n) is 6.23. The molecule has 4 heterocycles. The van der Waals surface area contributed by atoms with E-state index < -0.39 is 10.0 Å². The van der Waals surface area contributed by atoms with Crippen LogP contribution in [0.3, 0.4) is 0 Å². The van der Waals surface area contributed by atoms with E-state index in [1.807, 2.05) is 28.9 Å². The summed E-state index contributed by atoms with van der Waals surface area (Å²) >= 11 is 6.33. The van der Waals surface area contributed by atoms with Gasteiger partial charge in [0.15, 0.2) is 0 Å². The molecule has 0 saturated carbocycles. The summed E-state index contributed by atoms with van der Waals surface area (Å²) in [7, 11) is 1.19. The van der Waals surface area contributed by atoms with E-state index in [1.54, 1.807) is 39.6 Å². The normalized spacial score (nSPS) is 15.3. The van der Waals surface area contributed by atoms with E-state index >= 15 is 0 Å². The molecule has 5 rings (SSSR count). The first-order valence-electron chi connectivity index (χ1n) is 11.3. The van der Waals surface area contributed by atoms with Crippen LogP contribution in [0.1, 0.15) is 12.8 Å². The Balaban J connectivity index is 1.30. The van der Waals surface area contributed by atoms with Crippen LogP contribution in [-0.2, 0) is 17.1 Å². The largest absolute Gasteiger partial charge is 0.496 e. The van der Waals surface area contributed by atoms with Crippen molar-refractivity contribution in [2.45, 2.75) is 24.1 Å². The van der Waals surface area contributed by atoms with Crippen LogP contribution >= 0.6 is 11.6 Å². The van der Waals surface area contributed by atoms with Crippen molar-refractivity contribution in [3.8, 4) is 28.5 Å². The zero-order valence-electron chi connectivity index (χ0n) is 20.1. The van der Waals surface area contributed by atoms with Crippen molar-refractivity contribution >= 4 is 27.3 Å². The van der Waals surface area contributed by atoms with Crippen LogP contribution in [0, 0.1) is 0 Å². The van der Waals surface area contributed by atoms with Crippen LogP contribution in [0.25, 0.3) is 16.9 Å². The van der Waals surface area contributed by atoms with Gasteiger partial charge in [-0.25, -0.2) is 18.4 Å². The van der Waals surface area contributed by atoms with E-state index in [1.165, 1.54) is 15.1 Å². The molecule has 10 nitrogen and oxygen atoms in total. The third-order valence-corrected chi connectivity index (χ3v) is 8.43. The van der Waals surface area contributed by atoms with Gasteiger partial charge in [0.25, 0.3) is 10.0 Å². The standard InChI is InChI=1S/C24H26ClN5O5S/c1-28-11-7-26-24(28)36(31,32)30-9-5-16(6-10-30)35-17-4-8-29-15-20(27-23(29)12-17)18-13-19(25)22(34-3)14-21(18)33-2/h4,7-8,11-16H,5-6,9-10H2,1-3H3. The van der Waals surface area contributed by atoms with Gasteiger partial charge in [-0.05, 0) is 25.0 Å². The number of methoxy groups -OCH3 is 2. The first kappa shape index (κ1) is 24.4. The van der Waals surface area contributed by atoms with Crippen molar-refractivity contribution in [2.75, 3.05) is 27.3 Å². The number of hydrogen-bond donors (Lipinski definition) is 0. The predicted octanol–water partition coefficient (Wildman–Crippen LogP) is 3.64. The zero-order chi connectivity index (χ0) is 25.4. The van der Waals surface area contributed by atoms with Gasteiger partial charge in [-0.3, -0.25) is 0 Å². The Morgan fingerprint density at radius 2 is 1.81 bits per heavy atom. The Hall–Kier alpha value is -3.28. The molecule has 4 aromatic rings. The molecule has 1 aliphatic rings. The lowest BCUT2D eigenvalue weighted by Crippen LogP contribution is -2.42. The quantitative estimate of drug-likeness (QED) is 0.359. The highest BCUT2D eigenvalue weighted by atomic mass is 35.5. The van der Waals surface area contributed by atoms with Crippen molar-refractivity contribution in [3.05, 3.63) is 54.1 Å². The second-order valence-electron chi connectivity index (χ2n) is 8.48. The lowest BCUT2D eigenvalue weighted by Gasteiger charge is -2.31. The molecule has 190 valence electrons. The fraction of sp³-hybridized carbons (Fsp3) is 0.333. The second-order valence-corrected chi connectivity index (χ2v) is 10.7. The number of fused-ring (bicyclic) bond motifs is 1. The van der Waals surface area contributed by atoms with E-state index in [4.69, 9.17) is 30.8 Å². The van der Waals surface area contributed by atoms with E-state index in [2.05, 4.69) is 4.98 Å². The summed E-state index contributed by atoms with van der Waals surface area (Å²) in [6.07, 6.45) is 7.93. The fourth-order valence-corrected chi connectivity index (χ4v) is 6.11.